The molecule has 1 unspecified atom stereocenters. The molecule has 0 aromatic rings. The maximum atomic E-state index is 12.1. The van der Waals surface area contributed by atoms with Crippen molar-refractivity contribution in [1.82, 2.24) is 15.5 Å². The Morgan fingerprint density at radius 3 is 2.59 bits per heavy atom. The third kappa shape index (κ3) is 7.52. The number of piperidine rings is 1. The minimum Gasteiger partial charge on any atom is -0.444 e. The number of likely N-dealkylation sites (tertiary alicyclic amines) is 1. The number of ether oxygens (including phenoxy) is 1. The number of hydrogen-bond donors (Lipinski definition) is 2. The van der Waals surface area contributed by atoms with Crippen LogP contribution < -0.4 is 10.6 Å². The van der Waals surface area contributed by atoms with Crippen LogP contribution in [0.5, 0.6) is 0 Å². The Labute approximate surface area is 134 Å². The summed E-state index contributed by atoms with van der Waals surface area (Å²) in [7, 11) is 0. The van der Waals surface area contributed by atoms with Gasteiger partial charge in [0.05, 0.1) is 0 Å². The van der Waals surface area contributed by atoms with Crippen molar-refractivity contribution >= 4 is 12.1 Å². The molecule has 0 spiro atoms. The third-order valence-electron chi connectivity index (χ3n) is 3.43. The number of amides is 3. The summed E-state index contributed by atoms with van der Waals surface area (Å²) in [6, 6.07) is 0.00662. The van der Waals surface area contributed by atoms with Gasteiger partial charge in [-0.3, -0.25) is 0 Å². The highest BCUT2D eigenvalue weighted by Crippen LogP contribution is 2.21. The minimum absolute atomic E-state index is 0.130. The van der Waals surface area contributed by atoms with E-state index in [2.05, 4.69) is 10.6 Å². The van der Waals surface area contributed by atoms with Gasteiger partial charge in [-0.1, -0.05) is 0 Å². The molecule has 6 heteroatoms. The van der Waals surface area contributed by atoms with E-state index in [0.717, 1.165) is 25.8 Å². The van der Waals surface area contributed by atoms with Crippen molar-refractivity contribution in [1.29, 1.82) is 0 Å². The second kappa shape index (κ2) is 8.25. The topological polar surface area (TPSA) is 70.7 Å². The lowest BCUT2D eigenvalue weighted by Gasteiger charge is -2.34. The summed E-state index contributed by atoms with van der Waals surface area (Å²) >= 11 is 0. The van der Waals surface area contributed by atoms with Gasteiger partial charge in [0.15, 0.2) is 0 Å². The van der Waals surface area contributed by atoms with Crippen LogP contribution in [0.15, 0.2) is 0 Å². The van der Waals surface area contributed by atoms with Gasteiger partial charge in [-0.25, -0.2) is 9.59 Å². The number of nitrogens with one attached hydrogen (secondary N) is 2. The van der Waals surface area contributed by atoms with Gasteiger partial charge in [0.1, 0.15) is 5.60 Å². The average Bonchev–Trinajstić information content (AvgIpc) is 2.36. The monoisotopic (exact) mass is 313 g/mol. The van der Waals surface area contributed by atoms with Gasteiger partial charge in [0.2, 0.25) is 0 Å². The van der Waals surface area contributed by atoms with Crippen molar-refractivity contribution in [2.45, 2.75) is 65.5 Å². The van der Waals surface area contributed by atoms with Crippen LogP contribution >= 0.6 is 0 Å². The smallest absolute Gasteiger partial charge is 0.410 e. The molecule has 1 saturated heterocycles. The highest BCUT2D eigenvalue weighted by atomic mass is 16.6. The lowest BCUT2D eigenvalue weighted by atomic mass is 9.95. The molecule has 2 N–H and O–H groups in total. The van der Waals surface area contributed by atoms with E-state index in [4.69, 9.17) is 4.74 Å². The molecule has 0 radical (unpaired) electrons. The molecule has 22 heavy (non-hydrogen) atoms. The van der Waals surface area contributed by atoms with E-state index in [-0.39, 0.29) is 18.2 Å². The van der Waals surface area contributed by atoms with Crippen LogP contribution in [0.1, 0.15) is 53.9 Å². The highest BCUT2D eigenvalue weighted by Gasteiger charge is 2.27. The first kappa shape index (κ1) is 18.6. The van der Waals surface area contributed by atoms with E-state index < -0.39 is 5.60 Å². The Hall–Kier alpha value is -1.46. The zero-order valence-electron chi connectivity index (χ0n) is 14.6. The summed E-state index contributed by atoms with van der Waals surface area (Å²) in [6.07, 6.45) is 2.72. The minimum atomic E-state index is -0.458. The summed E-state index contributed by atoms with van der Waals surface area (Å²) < 4.78 is 5.42. The largest absolute Gasteiger partial charge is 0.444 e. The number of urea groups is 1. The van der Waals surface area contributed by atoms with E-state index in [1.165, 1.54) is 0 Å². The molecule has 1 aliphatic heterocycles. The van der Waals surface area contributed by atoms with Crippen LogP contribution in [-0.4, -0.2) is 48.3 Å². The van der Waals surface area contributed by atoms with Crippen LogP contribution in [0.4, 0.5) is 9.59 Å². The van der Waals surface area contributed by atoms with E-state index >= 15 is 0 Å². The van der Waals surface area contributed by atoms with Crippen LogP contribution in [0.3, 0.4) is 0 Å². The van der Waals surface area contributed by atoms with E-state index in [9.17, 15) is 9.59 Å². The first-order valence-electron chi connectivity index (χ1n) is 8.19. The van der Waals surface area contributed by atoms with Crippen molar-refractivity contribution < 1.29 is 14.3 Å². The van der Waals surface area contributed by atoms with Crippen LogP contribution in [0, 0.1) is 5.92 Å². The Morgan fingerprint density at radius 2 is 2.00 bits per heavy atom. The zero-order chi connectivity index (χ0) is 16.8. The fourth-order valence-corrected chi connectivity index (χ4v) is 2.50. The van der Waals surface area contributed by atoms with Crippen LogP contribution in [0.25, 0.3) is 0 Å². The van der Waals surface area contributed by atoms with Gasteiger partial charge < -0.3 is 20.3 Å². The van der Waals surface area contributed by atoms with E-state index in [1.807, 2.05) is 34.6 Å². The number of nitrogens with zero attached hydrogens (tertiary/aromatic N) is 1. The van der Waals surface area contributed by atoms with Gasteiger partial charge in [-0.2, -0.15) is 0 Å². The summed E-state index contributed by atoms with van der Waals surface area (Å²) in [6.45, 7) is 11.6. The van der Waals surface area contributed by atoms with Crippen molar-refractivity contribution in [3.63, 3.8) is 0 Å². The molecule has 1 aliphatic rings. The van der Waals surface area contributed by atoms with Gasteiger partial charge >= 0.3 is 12.1 Å². The molecule has 0 bridgehead atoms. The second-order valence-electron chi connectivity index (χ2n) is 7.28. The average molecular weight is 313 g/mol. The normalized spacial score (nSPS) is 19.0. The van der Waals surface area contributed by atoms with Gasteiger partial charge in [0.25, 0.3) is 0 Å². The standard InChI is InChI=1S/C16H31N3O3/c1-12(2)18-14(20)17-9-8-13-7-6-10-19(11-13)15(21)22-16(3,4)5/h12-13H,6-11H2,1-5H3,(H2,17,18,20). The number of carbonyl (C=O) groups is 2. The van der Waals surface area contributed by atoms with Gasteiger partial charge in [-0.15, -0.1) is 0 Å². The summed E-state index contributed by atoms with van der Waals surface area (Å²) in [4.78, 5) is 25.4. The molecule has 1 rings (SSSR count). The number of hydrogen-bond acceptors (Lipinski definition) is 3. The zero-order valence-corrected chi connectivity index (χ0v) is 14.6. The van der Waals surface area contributed by atoms with Crippen molar-refractivity contribution in [3.8, 4) is 0 Å². The second-order valence-corrected chi connectivity index (χ2v) is 7.28. The quantitative estimate of drug-likeness (QED) is 0.838. The highest BCUT2D eigenvalue weighted by molar-refractivity contribution is 5.74. The lowest BCUT2D eigenvalue weighted by molar-refractivity contribution is 0.0162. The molecule has 3 amide bonds. The molecular weight excluding hydrogens is 282 g/mol. The molecule has 1 heterocycles. The summed E-state index contributed by atoms with van der Waals surface area (Å²) in [5.41, 5.74) is -0.458. The molecule has 0 aromatic heterocycles. The molecule has 0 aromatic carbocycles. The predicted molar refractivity (Wildman–Crippen MR) is 86.8 cm³/mol. The Kier molecular flexibility index (Phi) is 6.97. The fraction of sp³-hybridized carbons (Fsp3) is 0.875. The molecule has 0 aliphatic carbocycles. The van der Waals surface area contributed by atoms with Gasteiger partial charge in [0, 0.05) is 25.7 Å². The van der Waals surface area contributed by atoms with Crippen molar-refractivity contribution in [2.75, 3.05) is 19.6 Å². The van der Waals surface area contributed by atoms with Crippen LogP contribution in [-0.2, 0) is 4.74 Å². The Bertz CT molecular complexity index is 377. The van der Waals surface area contributed by atoms with E-state index in [1.54, 1.807) is 4.90 Å². The van der Waals surface area contributed by atoms with Crippen LogP contribution in [0.2, 0.25) is 0 Å². The maximum absolute atomic E-state index is 12.1. The first-order valence-corrected chi connectivity index (χ1v) is 8.19. The first-order chi connectivity index (χ1) is 10.2. The van der Waals surface area contributed by atoms with Crippen molar-refractivity contribution in [3.05, 3.63) is 0 Å². The molecular formula is C16H31N3O3. The molecule has 0 saturated carbocycles. The third-order valence-corrected chi connectivity index (χ3v) is 3.43. The Balaban J connectivity index is 2.31. The SMILES string of the molecule is CC(C)NC(=O)NCCC1CCCN(C(=O)OC(C)(C)C)C1. The Morgan fingerprint density at radius 1 is 1.32 bits per heavy atom. The molecule has 1 atom stereocenters. The predicted octanol–water partition coefficient (Wildman–Crippen LogP) is 2.73. The lowest BCUT2D eigenvalue weighted by Crippen LogP contribution is -2.44. The molecule has 1 fully saturated rings. The van der Waals surface area contributed by atoms with Crippen molar-refractivity contribution in [2.24, 2.45) is 5.92 Å². The fourth-order valence-electron chi connectivity index (χ4n) is 2.50. The molecule has 6 nitrogen and oxygen atoms in total. The number of rotatable bonds is 4. The number of carbonyl (C=O) groups excluding carboxylic acids is 2. The summed E-state index contributed by atoms with van der Waals surface area (Å²) in [5, 5.41) is 5.66. The maximum Gasteiger partial charge on any atom is 0.410 e. The van der Waals surface area contributed by atoms with E-state index in [0.29, 0.717) is 19.0 Å². The van der Waals surface area contributed by atoms with Gasteiger partial charge in [-0.05, 0) is 59.8 Å². The molecule has 128 valence electrons. The summed E-state index contributed by atoms with van der Waals surface area (Å²) in [5.74, 6) is 0.417.